The van der Waals surface area contributed by atoms with Gasteiger partial charge in [0.15, 0.2) is 0 Å². The van der Waals surface area contributed by atoms with E-state index in [4.69, 9.17) is 11.6 Å². The molecule has 0 amide bonds. The van der Waals surface area contributed by atoms with Crippen molar-refractivity contribution in [2.75, 3.05) is 5.32 Å². The zero-order valence-corrected chi connectivity index (χ0v) is 10.7. The largest absolute Gasteiger partial charge is 0.416 e. The fourth-order valence-electron chi connectivity index (χ4n) is 1.61. The summed E-state index contributed by atoms with van der Waals surface area (Å²) in [5.74, 6) is 0.749. The summed E-state index contributed by atoms with van der Waals surface area (Å²) in [6, 6.07) is 3.36. The fourth-order valence-corrected chi connectivity index (χ4v) is 1.85. The Morgan fingerprint density at radius 3 is 2.63 bits per heavy atom. The van der Waals surface area contributed by atoms with Crippen LogP contribution in [-0.2, 0) is 12.7 Å². The van der Waals surface area contributed by atoms with Crippen molar-refractivity contribution in [1.82, 2.24) is 9.97 Å². The van der Waals surface area contributed by atoms with E-state index in [1.165, 1.54) is 6.07 Å². The molecule has 19 heavy (non-hydrogen) atoms. The first kappa shape index (κ1) is 13.7. The van der Waals surface area contributed by atoms with Crippen LogP contribution in [0.1, 0.15) is 17.1 Å². The summed E-state index contributed by atoms with van der Waals surface area (Å²) in [7, 11) is 0. The molecule has 0 unspecified atom stereocenters. The number of anilines is 1. The quantitative estimate of drug-likeness (QED) is 0.896. The Labute approximate surface area is 112 Å². The molecule has 0 fully saturated rings. The first-order valence-electron chi connectivity index (χ1n) is 5.47. The van der Waals surface area contributed by atoms with Crippen LogP contribution in [0, 0.1) is 6.92 Å². The maximum absolute atomic E-state index is 12.6. The third kappa shape index (κ3) is 3.64. The number of aromatic amines is 1. The van der Waals surface area contributed by atoms with Crippen LogP contribution in [0.5, 0.6) is 0 Å². The van der Waals surface area contributed by atoms with Gasteiger partial charge in [-0.2, -0.15) is 13.2 Å². The second-order valence-electron chi connectivity index (χ2n) is 4.07. The summed E-state index contributed by atoms with van der Waals surface area (Å²) in [6.45, 7) is 2.14. The number of benzene rings is 1. The van der Waals surface area contributed by atoms with E-state index in [-0.39, 0.29) is 5.02 Å². The summed E-state index contributed by atoms with van der Waals surface area (Å²) in [5.41, 5.74) is 0.321. The molecule has 2 rings (SSSR count). The van der Waals surface area contributed by atoms with Crippen molar-refractivity contribution < 1.29 is 13.2 Å². The average Bonchev–Trinajstić information content (AvgIpc) is 2.71. The van der Waals surface area contributed by atoms with Crippen LogP contribution in [-0.4, -0.2) is 9.97 Å². The maximum Gasteiger partial charge on any atom is 0.416 e. The third-order valence-corrected chi connectivity index (χ3v) is 2.68. The average molecular weight is 290 g/mol. The van der Waals surface area contributed by atoms with E-state index < -0.39 is 11.7 Å². The van der Waals surface area contributed by atoms with Crippen molar-refractivity contribution in [2.24, 2.45) is 0 Å². The summed E-state index contributed by atoms with van der Waals surface area (Å²) in [6.07, 6.45) is -2.79. The number of halogens is 4. The van der Waals surface area contributed by atoms with Gasteiger partial charge < -0.3 is 10.3 Å². The van der Waals surface area contributed by atoms with Crippen LogP contribution in [0.25, 0.3) is 0 Å². The van der Waals surface area contributed by atoms with E-state index in [1.54, 1.807) is 13.1 Å². The van der Waals surface area contributed by atoms with E-state index in [0.717, 1.165) is 23.7 Å². The monoisotopic (exact) mass is 289 g/mol. The second-order valence-corrected chi connectivity index (χ2v) is 4.51. The molecule has 1 aromatic carbocycles. The number of aromatic nitrogens is 2. The zero-order valence-electron chi connectivity index (χ0n) is 9.98. The summed E-state index contributed by atoms with van der Waals surface area (Å²) >= 11 is 5.68. The first-order valence-corrected chi connectivity index (χ1v) is 5.84. The minimum absolute atomic E-state index is 0.0399. The smallest absolute Gasteiger partial charge is 0.379 e. The molecule has 102 valence electrons. The highest BCUT2D eigenvalue weighted by Crippen LogP contribution is 2.33. The standard InChI is InChI=1S/C12H11ClF3N3/c1-7-17-5-11(19-7)6-18-10-3-8(12(14,15)16)2-9(13)4-10/h2-5,18H,6H2,1H3,(H,17,19). The Morgan fingerprint density at radius 2 is 2.05 bits per heavy atom. The number of nitrogens with one attached hydrogen (secondary N) is 2. The molecule has 1 heterocycles. The normalized spacial score (nSPS) is 11.6. The molecular formula is C12H11ClF3N3. The van der Waals surface area contributed by atoms with Crippen LogP contribution in [0.15, 0.2) is 24.4 Å². The summed E-state index contributed by atoms with van der Waals surface area (Å²) in [5, 5.41) is 2.91. The van der Waals surface area contributed by atoms with Crippen LogP contribution in [0.4, 0.5) is 18.9 Å². The maximum atomic E-state index is 12.6. The molecule has 0 aliphatic rings. The van der Waals surface area contributed by atoms with Crippen LogP contribution < -0.4 is 5.32 Å². The van der Waals surface area contributed by atoms with Crippen LogP contribution >= 0.6 is 11.6 Å². The molecule has 0 bridgehead atoms. The number of aryl methyl sites for hydroxylation is 1. The number of rotatable bonds is 3. The molecule has 0 atom stereocenters. The first-order chi connectivity index (χ1) is 8.84. The van der Waals surface area contributed by atoms with Crippen molar-refractivity contribution in [3.05, 3.63) is 46.5 Å². The molecule has 2 N–H and O–H groups in total. The van der Waals surface area contributed by atoms with Crippen molar-refractivity contribution in [3.63, 3.8) is 0 Å². The Balaban J connectivity index is 2.14. The number of nitrogens with zero attached hydrogens (tertiary/aromatic N) is 1. The highest BCUT2D eigenvalue weighted by Gasteiger charge is 2.31. The van der Waals surface area contributed by atoms with Gasteiger partial charge in [-0.3, -0.25) is 0 Å². The van der Waals surface area contributed by atoms with Gasteiger partial charge in [0.2, 0.25) is 0 Å². The fraction of sp³-hybridized carbons (Fsp3) is 0.250. The molecule has 7 heteroatoms. The van der Waals surface area contributed by atoms with E-state index in [9.17, 15) is 13.2 Å². The molecule has 0 radical (unpaired) electrons. The number of imidazole rings is 1. The van der Waals surface area contributed by atoms with Gasteiger partial charge in [-0.25, -0.2) is 4.98 Å². The van der Waals surface area contributed by atoms with Gasteiger partial charge in [-0.05, 0) is 25.1 Å². The van der Waals surface area contributed by atoms with Crippen molar-refractivity contribution in [2.45, 2.75) is 19.6 Å². The van der Waals surface area contributed by atoms with Gasteiger partial charge in [0, 0.05) is 10.7 Å². The third-order valence-electron chi connectivity index (χ3n) is 2.46. The minimum Gasteiger partial charge on any atom is -0.379 e. The molecular weight excluding hydrogens is 279 g/mol. The number of alkyl halides is 3. The van der Waals surface area contributed by atoms with Gasteiger partial charge in [-0.15, -0.1) is 0 Å². The van der Waals surface area contributed by atoms with E-state index in [0.29, 0.717) is 12.2 Å². The highest BCUT2D eigenvalue weighted by atomic mass is 35.5. The lowest BCUT2D eigenvalue weighted by atomic mass is 10.2. The van der Waals surface area contributed by atoms with E-state index in [1.807, 2.05) is 0 Å². The Morgan fingerprint density at radius 1 is 1.32 bits per heavy atom. The molecule has 0 aliphatic carbocycles. The summed E-state index contributed by atoms with van der Waals surface area (Å²) < 4.78 is 37.8. The van der Waals surface area contributed by atoms with Gasteiger partial charge in [0.25, 0.3) is 0 Å². The SMILES string of the molecule is Cc1ncc(CNc2cc(Cl)cc(C(F)(F)F)c2)[nH]1. The van der Waals surface area contributed by atoms with E-state index in [2.05, 4.69) is 15.3 Å². The predicted molar refractivity (Wildman–Crippen MR) is 67.1 cm³/mol. The molecule has 0 saturated heterocycles. The minimum atomic E-state index is -4.41. The molecule has 3 nitrogen and oxygen atoms in total. The molecule has 2 aromatic rings. The molecule has 1 aromatic heterocycles. The Kier molecular flexibility index (Phi) is 3.71. The highest BCUT2D eigenvalue weighted by molar-refractivity contribution is 6.30. The molecule has 0 saturated carbocycles. The van der Waals surface area contributed by atoms with Crippen molar-refractivity contribution in [1.29, 1.82) is 0 Å². The lowest BCUT2D eigenvalue weighted by Crippen LogP contribution is -2.07. The van der Waals surface area contributed by atoms with Crippen LogP contribution in [0.3, 0.4) is 0 Å². The topological polar surface area (TPSA) is 40.7 Å². The van der Waals surface area contributed by atoms with Gasteiger partial charge in [0.05, 0.1) is 24.0 Å². The van der Waals surface area contributed by atoms with Crippen LogP contribution in [0.2, 0.25) is 5.02 Å². The summed E-state index contributed by atoms with van der Waals surface area (Å²) in [4.78, 5) is 6.98. The second kappa shape index (κ2) is 5.13. The Bertz CT molecular complexity index is 578. The lowest BCUT2D eigenvalue weighted by Gasteiger charge is -2.11. The van der Waals surface area contributed by atoms with Crippen molar-refractivity contribution in [3.8, 4) is 0 Å². The molecule has 0 aliphatic heterocycles. The van der Waals surface area contributed by atoms with E-state index >= 15 is 0 Å². The van der Waals surface area contributed by atoms with Gasteiger partial charge >= 0.3 is 6.18 Å². The number of hydrogen-bond donors (Lipinski definition) is 2. The predicted octanol–water partition coefficient (Wildman–Crippen LogP) is 4.00. The Hall–Kier alpha value is -1.69. The van der Waals surface area contributed by atoms with Crippen molar-refractivity contribution >= 4 is 17.3 Å². The van der Waals surface area contributed by atoms with Gasteiger partial charge in [-0.1, -0.05) is 11.6 Å². The number of H-pyrrole nitrogens is 1. The zero-order chi connectivity index (χ0) is 14.0. The number of hydrogen-bond acceptors (Lipinski definition) is 2. The lowest BCUT2D eigenvalue weighted by molar-refractivity contribution is -0.137. The van der Waals surface area contributed by atoms with Gasteiger partial charge in [0.1, 0.15) is 5.82 Å². The molecule has 0 spiro atoms.